The zero-order chi connectivity index (χ0) is 24.2. The van der Waals surface area contributed by atoms with Crippen LogP contribution < -0.4 is 0 Å². The second kappa shape index (κ2) is 11.0. The Hall–Kier alpha value is -4.57. The quantitative estimate of drug-likeness (QED) is 0.251. The van der Waals surface area contributed by atoms with Gasteiger partial charge in [0.25, 0.3) is 0 Å². The first-order chi connectivity index (χ1) is 17.8. The zero-order valence-corrected chi connectivity index (χ0v) is 21.0. The van der Waals surface area contributed by atoms with Crippen LogP contribution in [0.3, 0.4) is 0 Å². The van der Waals surface area contributed by atoms with Crippen molar-refractivity contribution in [2.45, 2.75) is 0 Å². The van der Waals surface area contributed by atoms with Crippen molar-refractivity contribution in [2.75, 3.05) is 0 Å². The Morgan fingerprint density at radius 2 is 0.784 bits per heavy atom. The molecule has 2 aliphatic rings. The van der Waals surface area contributed by atoms with Crippen LogP contribution in [0.15, 0.2) is 97.3 Å². The largest absolute Gasteiger partial charge is 0.355 e. The Balaban J connectivity index is 0.000000183. The number of hydrogen-bond acceptors (Lipinski definition) is 4. The summed E-state index contributed by atoms with van der Waals surface area (Å²) in [6.07, 6.45) is 11.6. The molecule has 5 aromatic rings. The van der Waals surface area contributed by atoms with E-state index in [1.165, 1.54) is 0 Å². The fraction of sp³-hybridized carbons (Fsp3) is 0. The summed E-state index contributed by atoms with van der Waals surface area (Å²) in [5.41, 5.74) is 9.69. The number of nitrogens with one attached hydrogen (secondary N) is 2. The molecule has 0 unspecified atom stereocenters. The minimum absolute atomic E-state index is 0. The van der Waals surface area contributed by atoms with Gasteiger partial charge in [0, 0.05) is 51.8 Å². The number of aromatic amines is 2. The summed E-state index contributed by atoms with van der Waals surface area (Å²) in [5, 5.41) is 0. The van der Waals surface area contributed by atoms with Crippen LogP contribution in [0.4, 0.5) is 0 Å². The molecule has 0 aromatic carbocycles. The van der Waals surface area contributed by atoms with Crippen molar-refractivity contribution in [3.63, 3.8) is 0 Å². The average Bonchev–Trinajstić information content (AvgIpc) is 3.72. The van der Waals surface area contributed by atoms with Crippen LogP contribution in [0, 0.1) is 0 Å². The van der Waals surface area contributed by atoms with Gasteiger partial charge >= 0.3 is 0 Å². The molecule has 2 aliphatic heterocycles. The third-order valence-electron chi connectivity index (χ3n) is 5.63. The van der Waals surface area contributed by atoms with E-state index < -0.39 is 0 Å². The van der Waals surface area contributed by atoms with Gasteiger partial charge in [0.05, 0.1) is 34.2 Å². The smallest absolute Gasteiger partial charge is 0.0886 e. The van der Waals surface area contributed by atoms with E-state index in [2.05, 4.69) is 54.2 Å². The van der Waals surface area contributed by atoms with Crippen LogP contribution in [-0.4, -0.2) is 29.9 Å². The molecule has 37 heavy (non-hydrogen) atoms. The van der Waals surface area contributed by atoms with Gasteiger partial charge in [-0.3, -0.25) is 9.97 Å². The van der Waals surface area contributed by atoms with Gasteiger partial charge in [-0.15, -0.1) is 0 Å². The molecule has 7 heteroatoms. The van der Waals surface area contributed by atoms with Crippen LogP contribution in [0.25, 0.3) is 57.8 Å². The molecule has 2 N–H and O–H groups in total. The number of rotatable bonds is 1. The third kappa shape index (κ3) is 5.99. The van der Waals surface area contributed by atoms with Crippen molar-refractivity contribution in [1.29, 1.82) is 0 Å². The zero-order valence-electron chi connectivity index (χ0n) is 19.7. The van der Waals surface area contributed by atoms with Crippen molar-refractivity contribution in [2.24, 2.45) is 0 Å². The van der Waals surface area contributed by atoms with E-state index in [0.717, 1.165) is 56.2 Å². The van der Waals surface area contributed by atoms with Gasteiger partial charge in [-0.1, -0.05) is 12.1 Å². The summed E-state index contributed by atoms with van der Waals surface area (Å²) in [6.45, 7) is 0. The molecular weight excluding hydrogens is 496 g/mol. The molecule has 0 amide bonds. The molecule has 0 saturated heterocycles. The molecule has 0 atom stereocenters. The number of H-pyrrole nitrogens is 2. The Morgan fingerprint density at radius 3 is 1.08 bits per heavy atom. The molecule has 0 saturated carbocycles. The minimum atomic E-state index is 0. The maximum atomic E-state index is 4.63. The number of hydrogen-bond donors (Lipinski definition) is 2. The van der Waals surface area contributed by atoms with E-state index in [9.17, 15) is 0 Å². The molecule has 0 fully saturated rings. The van der Waals surface area contributed by atoms with Crippen LogP contribution in [0.1, 0.15) is 22.8 Å². The maximum Gasteiger partial charge on any atom is 0.0886 e. The van der Waals surface area contributed by atoms with E-state index >= 15 is 0 Å². The van der Waals surface area contributed by atoms with Crippen LogP contribution in [0.2, 0.25) is 0 Å². The normalized spacial score (nSPS) is 11.4. The van der Waals surface area contributed by atoms with E-state index in [4.69, 9.17) is 0 Å². The molecule has 8 bridgehead atoms. The Morgan fingerprint density at radius 1 is 0.432 bits per heavy atom. The minimum Gasteiger partial charge on any atom is -0.355 e. The predicted octanol–water partition coefficient (Wildman–Crippen LogP) is 6.80. The summed E-state index contributed by atoms with van der Waals surface area (Å²) in [6, 6.07) is 28.0. The van der Waals surface area contributed by atoms with Crippen molar-refractivity contribution >= 4 is 46.4 Å². The molecule has 7 rings (SSSR count). The molecule has 6 nitrogen and oxygen atoms in total. The van der Waals surface area contributed by atoms with Crippen molar-refractivity contribution in [1.82, 2.24) is 29.9 Å². The van der Waals surface area contributed by atoms with Gasteiger partial charge in [0.1, 0.15) is 0 Å². The van der Waals surface area contributed by atoms with Gasteiger partial charge < -0.3 is 9.97 Å². The average molecular weight is 519 g/mol. The molecule has 0 spiro atoms. The van der Waals surface area contributed by atoms with Gasteiger partial charge in [-0.05, 0) is 97.1 Å². The van der Waals surface area contributed by atoms with E-state index in [0.29, 0.717) is 0 Å². The fourth-order valence-corrected chi connectivity index (χ4v) is 3.97. The monoisotopic (exact) mass is 518 g/mol. The van der Waals surface area contributed by atoms with E-state index in [1.807, 2.05) is 85.0 Å². The number of pyridine rings is 2. The maximum absolute atomic E-state index is 4.63. The molecule has 5 aromatic heterocycles. The third-order valence-corrected chi connectivity index (χ3v) is 5.63. The van der Waals surface area contributed by atoms with E-state index in [1.54, 1.807) is 12.4 Å². The van der Waals surface area contributed by atoms with Gasteiger partial charge in [0.2, 0.25) is 0 Å². The summed E-state index contributed by atoms with van der Waals surface area (Å²) in [5.74, 6) is 0. The summed E-state index contributed by atoms with van der Waals surface area (Å²) >= 11 is 0. The molecular formula is C30H22CrN6. The topological polar surface area (TPSA) is 83.1 Å². The standard InChI is InChI=1S/C20H14N4.C10H8N2.Cr/c1-2-14-10-16-5-6-18(23-16)12-20-8-7-19(24-20)11-17-4-3-15(22-17)9-13(1)21-14;1-3-7-11-9(5-1)10-6-2-4-8-12-10;/h1-12,21,24H;1-8H;. The Kier molecular flexibility index (Phi) is 7.18. The first-order valence-corrected chi connectivity index (χ1v) is 11.6. The summed E-state index contributed by atoms with van der Waals surface area (Å²) < 4.78 is 0. The predicted molar refractivity (Wildman–Crippen MR) is 146 cm³/mol. The van der Waals surface area contributed by atoms with Crippen LogP contribution in [0.5, 0.6) is 0 Å². The number of fused-ring (bicyclic) bond motifs is 8. The van der Waals surface area contributed by atoms with Gasteiger partial charge in [0.15, 0.2) is 0 Å². The molecule has 7 heterocycles. The summed E-state index contributed by atoms with van der Waals surface area (Å²) in [4.78, 5) is 24.4. The second-order valence-corrected chi connectivity index (χ2v) is 8.34. The second-order valence-electron chi connectivity index (χ2n) is 8.34. The number of aromatic nitrogens is 6. The summed E-state index contributed by atoms with van der Waals surface area (Å²) in [7, 11) is 0. The van der Waals surface area contributed by atoms with Crippen LogP contribution in [-0.2, 0) is 17.4 Å². The molecule has 0 radical (unpaired) electrons. The Labute approximate surface area is 224 Å². The van der Waals surface area contributed by atoms with Crippen molar-refractivity contribution < 1.29 is 17.4 Å². The number of nitrogens with zero attached hydrogens (tertiary/aromatic N) is 4. The van der Waals surface area contributed by atoms with Crippen molar-refractivity contribution in [3.05, 3.63) is 120 Å². The fourth-order valence-electron chi connectivity index (χ4n) is 3.97. The van der Waals surface area contributed by atoms with Gasteiger partial charge in [-0.25, -0.2) is 9.97 Å². The first kappa shape index (κ1) is 24.1. The molecule has 0 aliphatic carbocycles. The molecule has 178 valence electrons. The Bertz CT molecular complexity index is 1520. The van der Waals surface area contributed by atoms with E-state index in [-0.39, 0.29) is 17.4 Å². The van der Waals surface area contributed by atoms with Crippen molar-refractivity contribution in [3.8, 4) is 11.4 Å². The first-order valence-electron chi connectivity index (χ1n) is 11.6. The SMILES string of the molecule is C1=Cc2cc3ccc(cc4nc(cc5ccc(cc1n2)[nH]5)C=C4)[nH]3.[Cr].c1ccc(-c2ccccn2)nc1. The van der Waals surface area contributed by atoms with Gasteiger partial charge in [-0.2, -0.15) is 0 Å². The van der Waals surface area contributed by atoms with Crippen LogP contribution >= 0.6 is 0 Å².